The lowest BCUT2D eigenvalue weighted by Gasteiger charge is -1.92. The van der Waals surface area contributed by atoms with Crippen LogP contribution in [0.5, 0.6) is 0 Å². The second-order valence-electron chi connectivity index (χ2n) is 2.55. The fourth-order valence-electron chi connectivity index (χ4n) is 1.07. The van der Waals surface area contributed by atoms with Crippen LogP contribution in [0, 0.1) is 6.92 Å². The van der Waals surface area contributed by atoms with Crippen LogP contribution < -0.4 is 5.73 Å². The highest BCUT2D eigenvalue weighted by Gasteiger charge is 2.15. The van der Waals surface area contributed by atoms with Crippen LogP contribution in [0.15, 0.2) is 0 Å². The number of anilines is 1. The summed E-state index contributed by atoms with van der Waals surface area (Å²) < 4.78 is 0. The molecule has 0 bridgehead atoms. The fourth-order valence-corrected chi connectivity index (χ4v) is 2.08. The standard InChI is InChI=1S/C8H11NO2S/c1-3-5-4(2)6(9)7(12-5)8(10)11/h3,9H2,1-2H3,(H,10,11). The minimum absolute atomic E-state index is 0.268. The number of carboxylic acid groups (broad SMARTS) is 1. The summed E-state index contributed by atoms with van der Waals surface area (Å²) in [5, 5.41) is 8.73. The summed E-state index contributed by atoms with van der Waals surface area (Å²) in [4.78, 5) is 12.0. The number of nitrogen functional groups attached to an aromatic ring is 1. The highest BCUT2D eigenvalue weighted by atomic mass is 32.1. The van der Waals surface area contributed by atoms with E-state index in [9.17, 15) is 4.79 Å². The van der Waals surface area contributed by atoms with Crippen molar-refractivity contribution in [3.63, 3.8) is 0 Å². The highest BCUT2D eigenvalue weighted by Crippen LogP contribution is 2.30. The van der Waals surface area contributed by atoms with Crippen LogP contribution >= 0.6 is 11.3 Å². The van der Waals surface area contributed by atoms with Crippen molar-refractivity contribution in [2.75, 3.05) is 5.73 Å². The molecule has 0 fully saturated rings. The van der Waals surface area contributed by atoms with E-state index >= 15 is 0 Å². The number of hydrogen-bond donors (Lipinski definition) is 2. The zero-order valence-corrected chi connectivity index (χ0v) is 7.86. The van der Waals surface area contributed by atoms with E-state index in [1.54, 1.807) is 0 Å². The van der Waals surface area contributed by atoms with Crippen molar-refractivity contribution in [1.29, 1.82) is 0 Å². The maximum atomic E-state index is 10.6. The van der Waals surface area contributed by atoms with Crippen LogP contribution in [-0.4, -0.2) is 11.1 Å². The lowest BCUT2D eigenvalue weighted by Crippen LogP contribution is -1.97. The van der Waals surface area contributed by atoms with Crippen LogP contribution in [-0.2, 0) is 6.42 Å². The molecule has 4 heteroatoms. The number of aryl methyl sites for hydroxylation is 1. The van der Waals surface area contributed by atoms with Crippen LogP contribution in [0.1, 0.15) is 27.0 Å². The molecule has 3 N–H and O–H groups in total. The van der Waals surface area contributed by atoms with E-state index in [4.69, 9.17) is 10.8 Å². The van der Waals surface area contributed by atoms with Gasteiger partial charge in [-0.15, -0.1) is 11.3 Å². The number of thiophene rings is 1. The molecule has 0 amide bonds. The van der Waals surface area contributed by atoms with Gasteiger partial charge in [-0.25, -0.2) is 4.79 Å². The van der Waals surface area contributed by atoms with Gasteiger partial charge in [0.2, 0.25) is 0 Å². The molecule has 0 aliphatic heterocycles. The van der Waals surface area contributed by atoms with Gasteiger partial charge in [0.25, 0.3) is 0 Å². The van der Waals surface area contributed by atoms with E-state index < -0.39 is 5.97 Å². The van der Waals surface area contributed by atoms with Crippen molar-refractivity contribution in [3.05, 3.63) is 15.3 Å². The Kier molecular flexibility index (Phi) is 2.38. The Bertz CT molecular complexity index is 317. The van der Waals surface area contributed by atoms with Gasteiger partial charge in [-0.05, 0) is 18.9 Å². The molecule has 1 aromatic rings. The molecule has 0 aliphatic rings. The minimum Gasteiger partial charge on any atom is -0.477 e. The molecule has 0 saturated carbocycles. The average Bonchev–Trinajstić information content (AvgIpc) is 2.30. The Hall–Kier alpha value is -1.03. The quantitative estimate of drug-likeness (QED) is 0.739. The van der Waals surface area contributed by atoms with E-state index in [0.29, 0.717) is 5.69 Å². The minimum atomic E-state index is -0.930. The molecule has 12 heavy (non-hydrogen) atoms. The van der Waals surface area contributed by atoms with E-state index in [0.717, 1.165) is 16.9 Å². The van der Waals surface area contributed by atoms with Crippen molar-refractivity contribution < 1.29 is 9.90 Å². The maximum absolute atomic E-state index is 10.6. The van der Waals surface area contributed by atoms with Gasteiger partial charge in [-0.2, -0.15) is 0 Å². The Morgan fingerprint density at radius 1 is 1.67 bits per heavy atom. The van der Waals surface area contributed by atoms with Crippen molar-refractivity contribution in [1.82, 2.24) is 0 Å². The van der Waals surface area contributed by atoms with Crippen LogP contribution in [0.3, 0.4) is 0 Å². The molecule has 0 unspecified atom stereocenters. The smallest absolute Gasteiger partial charge is 0.348 e. The summed E-state index contributed by atoms with van der Waals surface area (Å²) in [6.07, 6.45) is 0.841. The maximum Gasteiger partial charge on any atom is 0.348 e. The summed E-state index contributed by atoms with van der Waals surface area (Å²) in [6.45, 7) is 3.85. The molecule has 0 aromatic carbocycles. The average molecular weight is 185 g/mol. The zero-order chi connectivity index (χ0) is 9.30. The SMILES string of the molecule is CCc1sc(C(=O)O)c(N)c1C. The van der Waals surface area contributed by atoms with Crippen LogP contribution in [0.2, 0.25) is 0 Å². The molecule has 3 nitrogen and oxygen atoms in total. The Balaban J connectivity index is 3.25. The Morgan fingerprint density at radius 2 is 2.25 bits per heavy atom. The van der Waals surface area contributed by atoms with Gasteiger partial charge >= 0.3 is 5.97 Å². The number of aromatic carboxylic acids is 1. The van der Waals surface area contributed by atoms with E-state index in [1.807, 2.05) is 13.8 Å². The molecule has 66 valence electrons. The summed E-state index contributed by atoms with van der Waals surface area (Å²) in [6, 6.07) is 0. The number of nitrogens with two attached hydrogens (primary N) is 1. The van der Waals surface area contributed by atoms with Gasteiger partial charge in [0.15, 0.2) is 0 Å². The molecular weight excluding hydrogens is 174 g/mol. The second kappa shape index (κ2) is 3.15. The van der Waals surface area contributed by atoms with Crippen molar-refractivity contribution in [2.45, 2.75) is 20.3 Å². The normalized spacial score (nSPS) is 10.2. The third-order valence-electron chi connectivity index (χ3n) is 1.81. The molecular formula is C8H11NO2S. The first-order valence-corrected chi connectivity index (χ1v) is 4.50. The highest BCUT2D eigenvalue weighted by molar-refractivity contribution is 7.14. The predicted octanol–water partition coefficient (Wildman–Crippen LogP) is 1.90. The van der Waals surface area contributed by atoms with Gasteiger partial charge in [0.05, 0.1) is 5.69 Å². The number of hydrogen-bond acceptors (Lipinski definition) is 3. The monoisotopic (exact) mass is 185 g/mol. The van der Waals surface area contributed by atoms with E-state index in [2.05, 4.69) is 0 Å². The van der Waals surface area contributed by atoms with Crippen LogP contribution in [0.25, 0.3) is 0 Å². The largest absolute Gasteiger partial charge is 0.477 e. The first-order valence-electron chi connectivity index (χ1n) is 3.69. The predicted molar refractivity (Wildman–Crippen MR) is 49.8 cm³/mol. The molecule has 0 radical (unpaired) electrons. The second-order valence-corrected chi connectivity index (χ2v) is 3.66. The summed E-state index contributed by atoms with van der Waals surface area (Å²) >= 11 is 1.27. The first kappa shape index (κ1) is 9.06. The molecule has 1 rings (SSSR count). The van der Waals surface area contributed by atoms with Gasteiger partial charge in [-0.3, -0.25) is 0 Å². The number of rotatable bonds is 2. The third-order valence-corrected chi connectivity index (χ3v) is 3.25. The summed E-state index contributed by atoms with van der Waals surface area (Å²) in [5.74, 6) is -0.930. The van der Waals surface area contributed by atoms with E-state index in [1.165, 1.54) is 11.3 Å². The summed E-state index contributed by atoms with van der Waals surface area (Å²) in [7, 11) is 0. The van der Waals surface area contributed by atoms with E-state index in [-0.39, 0.29) is 4.88 Å². The first-order chi connectivity index (χ1) is 5.57. The molecule has 1 aromatic heterocycles. The molecule has 1 heterocycles. The molecule has 0 aliphatic carbocycles. The number of carboxylic acids is 1. The van der Waals surface area contributed by atoms with Gasteiger partial charge in [0.1, 0.15) is 4.88 Å². The van der Waals surface area contributed by atoms with Crippen LogP contribution in [0.4, 0.5) is 5.69 Å². The zero-order valence-electron chi connectivity index (χ0n) is 7.05. The Labute approximate surface area is 74.8 Å². The number of carbonyl (C=O) groups is 1. The fraction of sp³-hybridized carbons (Fsp3) is 0.375. The third kappa shape index (κ3) is 1.30. The topological polar surface area (TPSA) is 63.3 Å². The van der Waals surface area contributed by atoms with Gasteiger partial charge in [-0.1, -0.05) is 6.92 Å². The van der Waals surface area contributed by atoms with Crippen molar-refractivity contribution in [2.24, 2.45) is 0 Å². The molecule has 0 atom stereocenters. The van der Waals surface area contributed by atoms with Crippen molar-refractivity contribution in [3.8, 4) is 0 Å². The molecule has 0 spiro atoms. The van der Waals surface area contributed by atoms with Gasteiger partial charge in [0, 0.05) is 4.88 Å². The lowest BCUT2D eigenvalue weighted by molar-refractivity contribution is 0.0703. The Morgan fingerprint density at radius 3 is 2.50 bits per heavy atom. The van der Waals surface area contributed by atoms with Gasteiger partial charge < -0.3 is 10.8 Å². The van der Waals surface area contributed by atoms with Crippen molar-refractivity contribution >= 4 is 23.0 Å². The summed E-state index contributed by atoms with van der Waals surface area (Å²) in [5.41, 5.74) is 6.95. The lowest BCUT2D eigenvalue weighted by atomic mass is 10.2. The molecule has 0 saturated heterocycles.